The number of aliphatic carboxylic acids is 5. The molecule has 0 spiro atoms. The zero-order valence-electron chi connectivity index (χ0n) is 32.3. The Kier molecular flexibility index (Phi) is 22.7. The smallest absolute Gasteiger partial charge is 0.327 e. The molecule has 7 amide bonds. The number of urea groups is 1. The van der Waals surface area contributed by atoms with Crippen LogP contribution in [0.4, 0.5) is 4.79 Å². The van der Waals surface area contributed by atoms with Gasteiger partial charge in [-0.3, -0.25) is 33.6 Å². The van der Waals surface area contributed by atoms with Crippen molar-refractivity contribution < 1.29 is 78.3 Å². The second-order valence-electron chi connectivity index (χ2n) is 13.3. The fourth-order valence-corrected chi connectivity index (χ4v) is 5.30. The van der Waals surface area contributed by atoms with Crippen LogP contribution in [0, 0.1) is 0 Å². The minimum absolute atomic E-state index is 0.0149. The maximum absolute atomic E-state index is 13.3. The van der Waals surface area contributed by atoms with E-state index in [1.54, 1.807) is 37.3 Å². The number of hydrogen-bond donors (Lipinski definition) is 14. The van der Waals surface area contributed by atoms with E-state index in [1.165, 1.54) is 0 Å². The number of rotatable bonds is 28. The summed E-state index contributed by atoms with van der Waals surface area (Å²) in [6.07, 6.45) is -2.99. The molecule has 0 aliphatic heterocycles. The van der Waals surface area contributed by atoms with Crippen LogP contribution in [-0.2, 0) is 54.4 Å². The third-order valence-corrected chi connectivity index (χ3v) is 8.67. The van der Waals surface area contributed by atoms with Crippen LogP contribution in [0.2, 0.25) is 0 Å². The number of carbonyl (C=O) groups excluding carboxylic acids is 6. The van der Waals surface area contributed by atoms with Crippen molar-refractivity contribution in [3.05, 3.63) is 35.9 Å². The van der Waals surface area contributed by atoms with Crippen molar-refractivity contribution in [2.75, 3.05) is 12.3 Å². The number of carboxylic acids is 5. The van der Waals surface area contributed by atoms with Gasteiger partial charge in [0.15, 0.2) is 0 Å². The lowest BCUT2D eigenvalue weighted by Gasteiger charge is -2.23. The fourth-order valence-electron chi connectivity index (χ4n) is 5.06. The third kappa shape index (κ3) is 20.8. The standard InChI is InChI=1S/C35H50N8O16S/c1-17(38-25(44)11-8-20(32(53)54)42-35(59)43-21(33(55)56)9-12-27(46)47)7-10-26(45)39-22(13-18-5-3-2-4-6-18)30(51)37-15-19(36)29(50)40-23(14-28(48)49)31(52)41-24(16-60)34(57)58/h2-6,17,19-24,60H,7-16,36H2,1H3,(H,37,51)(H,38,44)(H,39,45)(H,40,50)(H,41,52)(H,46,47)(H,48,49)(H,53,54)(H,55,56)(H,57,58)(H2,42,43,59)/t17-,19+,20+,21+,22+,23+,24+/m1/s1. The van der Waals surface area contributed by atoms with Crippen LogP contribution >= 0.6 is 12.6 Å². The predicted octanol–water partition coefficient (Wildman–Crippen LogP) is -3.25. The van der Waals surface area contributed by atoms with E-state index >= 15 is 0 Å². The molecule has 25 heteroatoms. The van der Waals surface area contributed by atoms with Crippen LogP contribution in [0.1, 0.15) is 57.4 Å². The van der Waals surface area contributed by atoms with Crippen molar-refractivity contribution in [3.63, 3.8) is 0 Å². The molecule has 24 nitrogen and oxygen atoms in total. The first kappa shape index (κ1) is 51.5. The summed E-state index contributed by atoms with van der Waals surface area (Å²) in [7, 11) is 0. The van der Waals surface area contributed by atoms with Crippen molar-refractivity contribution in [2.45, 2.75) is 101 Å². The highest BCUT2D eigenvalue weighted by Crippen LogP contribution is 2.07. The Bertz CT molecular complexity index is 1720. The van der Waals surface area contributed by atoms with Crippen LogP contribution in [-0.4, -0.2) is 146 Å². The van der Waals surface area contributed by atoms with Crippen molar-refractivity contribution in [1.29, 1.82) is 0 Å². The zero-order valence-corrected chi connectivity index (χ0v) is 33.1. The van der Waals surface area contributed by atoms with E-state index in [2.05, 4.69) is 39.2 Å². The Labute approximate surface area is 347 Å². The molecule has 0 saturated carbocycles. The number of carbonyl (C=O) groups is 11. The molecule has 0 heterocycles. The lowest BCUT2D eigenvalue weighted by Crippen LogP contribution is -2.57. The SMILES string of the molecule is C[C@H](CCC(=O)N[C@@H](Cc1ccccc1)C(=O)NC[C@H](N)C(=O)N[C@@H](CC(=O)O)C(=O)N[C@@H](CS)C(=O)O)NC(=O)CC[C@H](NC(=O)N[C@@H](CCC(=O)O)C(=O)O)C(=O)O. The average Bonchev–Trinajstić information content (AvgIpc) is 3.17. The van der Waals surface area contributed by atoms with Gasteiger partial charge in [-0.15, -0.1) is 0 Å². The van der Waals surface area contributed by atoms with E-state index in [0.29, 0.717) is 5.56 Å². The van der Waals surface area contributed by atoms with E-state index in [-0.39, 0.29) is 25.0 Å². The first-order chi connectivity index (χ1) is 28.1. The largest absolute Gasteiger partial charge is 0.481 e. The lowest BCUT2D eigenvalue weighted by atomic mass is 10.0. The number of thiol groups is 1. The molecule has 7 atom stereocenters. The Morgan fingerprint density at radius 1 is 0.583 bits per heavy atom. The zero-order chi connectivity index (χ0) is 45.5. The van der Waals surface area contributed by atoms with Crippen LogP contribution in [0.3, 0.4) is 0 Å². The minimum Gasteiger partial charge on any atom is -0.481 e. The highest BCUT2D eigenvalue weighted by molar-refractivity contribution is 7.80. The third-order valence-electron chi connectivity index (χ3n) is 8.30. The van der Waals surface area contributed by atoms with Crippen molar-refractivity contribution >= 4 is 78.0 Å². The van der Waals surface area contributed by atoms with E-state index < -0.39 is 146 Å². The van der Waals surface area contributed by atoms with Gasteiger partial charge in [0.05, 0.1) is 6.42 Å². The van der Waals surface area contributed by atoms with E-state index in [1.807, 2.05) is 10.6 Å². The van der Waals surface area contributed by atoms with Crippen LogP contribution in [0.25, 0.3) is 0 Å². The minimum atomic E-state index is -1.73. The summed E-state index contributed by atoms with van der Waals surface area (Å²) in [5, 5.41) is 61.5. The number of carboxylic acid groups (broad SMARTS) is 5. The maximum Gasteiger partial charge on any atom is 0.327 e. The Morgan fingerprint density at radius 2 is 1.10 bits per heavy atom. The average molecular weight is 871 g/mol. The first-order valence-corrected chi connectivity index (χ1v) is 18.8. The predicted molar refractivity (Wildman–Crippen MR) is 208 cm³/mol. The lowest BCUT2D eigenvalue weighted by molar-refractivity contribution is -0.143. The van der Waals surface area contributed by atoms with Gasteiger partial charge in [-0.25, -0.2) is 19.2 Å². The summed E-state index contributed by atoms with van der Waals surface area (Å²) in [6.45, 7) is 1.01. The molecule has 0 aromatic heterocycles. The summed E-state index contributed by atoms with van der Waals surface area (Å²) in [5.74, 6) is -11.9. The van der Waals surface area contributed by atoms with Gasteiger partial charge in [0.1, 0.15) is 36.3 Å². The molecule has 1 aromatic carbocycles. The van der Waals surface area contributed by atoms with Crippen molar-refractivity contribution in [3.8, 4) is 0 Å². The van der Waals surface area contributed by atoms with Gasteiger partial charge >= 0.3 is 35.9 Å². The molecule has 0 aliphatic rings. The molecule has 0 bridgehead atoms. The molecule has 1 aromatic rings. The molecule has 0 unspecified atom stereocenters. The topological polar surface area (TPSA) is 399 Å². The van der Waals surface area contributed by atoms with Crippen LogP contribution < -0.4 is 43.0 Å². The highest BCUT2D eigenvalue weighted by atomic mass is 32.1. The number of amides is 7. The van der Waals surface area contributed by atoms with E-state index in [4.69, 9.17) is 15.9 Å². The Morgan fingerprint density at radius 3 is 1.62 bits per heavy atom. The molecule has 0 fully saturated rings. The number of nitrogens with one attached hydrogen (secondary N) is 7. The molecule has 14 N–H and O–H groups in total. The summed E-state index contributed by atoms with van der Waals surface area (Å²) in [6, 6.07) is -2.57. The molecule has 1 rings (SSSR count). The van der Waals surface area contributed by atoms with Crippen molar-refractivity contribution in [1.82, 2.24) is 37.2 Å². The molecule has 332 valence electrons. The second kappa shape index (κ2) is 26.5. The molecular formula is C35H50N8O16S. The quantitative estimate of drug-likeness (QED) is 0.0368. The monoisotopic (exact) mass is 870 g/mol. The van der Waals surface area contributed by atoms with E-state index in [9.17, 15) is 68.1 Å². The normalized spacial score (nSPS) is 14.2. The Hall–Kier alpha value is -6.50. The molecule has 0 saturated heterocycles. The molecule has 60 heavy (non-hydrogen) atoms. The first-order valence-electron chi connectivity index (χ1n) is 18.2. The number of hydrogen-bond acceptors (Lipinski definition) is 13. The number of benzene rings is 1. The molecule has 0 aliphatic carbocycles. The van der Waals surface area contributed by atoms with Gasteiger partial charge in [-0.05, 0) is 31.7 Å². The summed E-state index contributed by atoms with van der Waals surface area (Å²) in [4.78, 5) is 133. The van der Waals surface area contributed by atoms with Gasteiger partial charge in [0.2, 0.25) is 29.5 Å². The second-order valence-corrected chi connectivity index (χ2v) is 13.6. The maximum atomic E-state index is 13.3. The number of nitrogens with two attached hydrogens (primary N) is 1. The summed E-state index contributed by atoms with van der Waals surface area (Å²) < 4.78 is 0. The van der Waals surface area contributed by atoms with Gasteiger partial charge in [0.25, 0.3) is 0 Å². The van der Waals surface area contributed by atoms with Crippen molar-refractivity contribution in [2.24, 2.45) is 5.73 Å². The van der Waals surface area contributed by atoms with Crippen LogP contribution in [0.15, 0.2) is 30.3 Å². The van der Waals surface area contributed by atoms with Gasteiger partial charge in [-0.2, -0.15) is 12.6 Å². The summed E-state index contributed by atoms with van der Waals surface area (Å²) >= 11 is 3.81. The Balaban J connectivity index is 2.80. The molecule has 0 radical (unpaired) electrons. The van der Waals surface area contributed by atoms with Crippen LogP contribution in [0.5, 0.6) is 0 Å². The van der Waals surface area contributed by atoms with E-state index in [0.717, 1.165) is 0 Å². The van der Waals surface area contributed by atoms with Gasteiger partial charge < -0.3 is 68.5 Å². The van der Waals surface area contributed by atoms with Gasteiger partial charge in [-0.1, -0.05) is 30.3 Å². The molecular weight excluding hydrogens is 820 g/mol. The fraction of sp³-hybridized carbons (Fsp3) is 0.514. The summed E-state index contributed by atoms with van der Waals surface area (Å²) in [5.41, 5.74) is 6.53. The highest BCUT2D eigenvalue weighted by Gasteiger charge is 2.31. The van der Waals surface area contributed by atoms with Gasteiger partial charge in [0, 0.05) is 44.0 Å².